The maximum absolute atomic E-state index is 12.0. The number of anilines is 2. The zero-order valence-electron chi connectivity index (χ0n) is 10.1. The Labute approximate surface area is 101 Å². The molecule has 0 unspecified atom stereocenters. The zero-order valence-corrected chi connectivity index (χ0v) is 10.1. The minimum absolute atomic E-state index is 0.125. The average Bonchev–Trinajstić information content (AvgIpc) is 2.80. The van der Waals surface area contributed by atoms with E-state index >= 15 is 0 Å². The van der Waals surface area contributed by atoms with Crippen LogP contribution in [0.2, 0.25) is 0 Å². The summed E-state index contributed by atoms with van der Waals surface area (Å²) in [6.07, 6.45) is 0.886. The van der Waals surface area contributed by atoms with E-state index in [2.05, 4.69) is 0 Å². The lowest BCUT2D eigenvalue weighted by atomic mass is 10.1. The first-order valence-corrected chi connectivity index (χ1v) is 5.61. The van der Waals surface area contributed by atoms with Crippen LogP contribution in [0.25, 0.3) is 0 Å². The number of nitrogen functional groups attached to an aromatic ring is 1. The molecule has 0 saturated carbocycles. The Balaban J connectivity index is 2.22. The molecule has 0 atom stereocenters. The summed E-state index contributed by atoms with van der Waals surface area (Å²) in [6, 6.07) is 5.31. The quantitative estimate of drug-likeness (QED) is 0.780. The van der Waals surface area contributed by atoms with Crippen molar-refractivity contribution in [3.63, 3.8) is 0 Å². The summed E-state index contributed by atoms with van der Waals surface area (Å²) in [5.74, 6) is -0.125. The van der Waals surface area contributed by atoms with Gasteiger partial charge in [0.25, 0.3) is 5.91 Å². The summed E-state index contributed by atoms with van der Waals surface area (Å²) in [5.41, 5.74) is 7.97. The van der Waals surface area contributed by atoms with Crippen molar-refractivity contribution in [2.75, 3.05) is 37.9 Å². The van der Waals surface area contributed by atoms with Crippen molar-refractivity contribution in [2.45, 2.75) is 6.42 Å². The van der Waals surface area contributed by atoms with E-state index in [0.29, 0.717) is 24.4 Å². The molecule has 0 aliphatic carbocycles. The number of carbonyl (C=O) groups is 1. The number of hydroxylamine groups is 2. The Morgan fingerprint density at radius 2 is 2.24 bits per heavy atom. The van der Waals surface area contributed by atoms with Gasteiger partial charge in [0.2, 0.25) is 0 Å². The maximum atomic E-state index is 12.0. The largest absolute Gasteiger partial charge is 0.397 e. The Kier molecular flexibility index (Phi) is 3.19. The van der Waals surface area contributed by atoms with Crippen LogP contribution in [0.1, 0.15) is 16.8 Å². The van der Waals surface area contributed by atoms with Gasteiger partial charge in [-0.1, -0.05) is 0 Å². The van der Waals surface area contributed by atoms with Crippen molar-refractivity contribution < 1.29 is 9.63 Å². The highest BCUT2D eigenvalue weighted by Gasteiger charge is 2.21. The van der Waals surface area contributed by atoms with Gasteiger partial charge >= 0.3 is 0 Å². The van der Waals surface area contributed by atoms with E-state index in [-0.39, 0.29) is 5.91 Å². The van der Waals surface area contributed by atoms with Crippen LogP contribution in [0.15, 0.2) is 18.2 Å². The van der Waals surface area contributed by atoms with Gasteiger partial charge in [-0.05, 0) is 24.6 Å². The normalized spacial score (nSPS) is 15.1. The van der Waals surface area contributed by atoms with Crippen LogP contribution in [-0.4, -0.2) is 38.2 Å². The third kappa shape index (κ3) is 2.34. The zero-order chi connectivity index (χ0) is 12.4. The lowest BCUT2D eigenvalue weighted by Gasteiger charge is -2.18. The molecule has 0 radical (unpaired) electrons. The summed E-state index contributed by atoms with van der Waals surface area (Å²) in [7, 11) is 3.83. The van der Waals surface area contributed by atoms with Crippen LogP contribution in [0.4, 0.5) is 11.4 Å². The molecule has 92 valence electrons. The third-order valence-electron chi connectivity index (χ3n) is 2.74. The van der Waals surface area contributed by atoms with Gasteiger partial charge in [-0.2, -0.15) is 0 Å². The molecule has 0 spiro atoms. The predicted molar refractivity (Wildman–Crippen MR) is 66.8 cm³/mol. The summed E-state index contributed by atoms with van der Waals surface area (Å²) >= 11 is 0. The number of hydrogen-bond donors (Lipinski definition) is 1. The molecule has 2 N–H and O–H groups in total. The van der Waals surface area contributed by atoms with Crippen molar-refractivity contribution in [1.29, 1.82) is 0 Å². The summed E-state index contributed by atoms with van der Waals surface area (Å²) in [5, 5.41) is 1.39. The van der Waals surface area contributed by atoms with Gasteiger partial charge in [-0.3, -0.25) is 9.63 Å². The van der Waals surface area contributed by atoms with Gasteiger partial charge in [-0.25, -0.2) is 5.06 Å². The smallest absolute Gasteiger partial charge is 0.277 e. The first-order chi connectivity index (χ1) is 8.09. The molecule has 0 bridgehead atoms. The SMILES string of the molecule is CN(C)c1ccc(C(=O)N2CCCO2)cc1N. The lowest BCUT2D eigenvalue weighted by molar-refractivity contribution is -0.0768. The second-order valence-corrected chi connectivity index (χ2v) is 4.26. The molecule has 1 aliphatic heterocycles. The van der Waals surface area contributed by atoms with Gasteiger partial charge in [-0.15, -0.1) is 0 Å². The summed E-state index contributed by atoms with van der Waals surface area (Å²) in [6.45, 7) is 1.26. The van der Waals surface area contributed by atoms with Crippen LogP contribution < -0.4 is 10.6 Å². The molecular weight excluding hydrogens is 218 g/mol. The number of nitrogens with two attached hydrogens (primary N) is 1. The fourth-order valence-electron chi connectivity index (χ4n) is 1.85. The Morgan fingerprint density at radius 1 is 1.47 bits per heavy atom. The van der Waals surface area contributed by atoms with E-state index in [1.54, 1.807) is 12.1 Å². The van der Waals surface area contributed by atoms with E-state index in [4.69, 9.17) is 10.6 Å². The minimum atomic E-state index is -0.125. The van der Waals surface area contributed by atoms with Crippen LogP contribution in [0.3, 0.4) is 0 Å². The van der Waals surface area contributed by atoms with Crippen molar-refractivity contribution in [1.82, 2.24) is 5.06 Å². The highest BCUT2D eigenvalue weighted by Crippen LogP contribution is 2.23. The highest BCUT2D eigenvalue weighted by atomic mass is 16.7. The lowest BCUT2D eigenvalue weighted by Crippen LogP contribution is -2.26. The number of nitrogens with zero attached hydrogens (tertiary/aromatic N) is 2. The molecule has 1 aliphatic rings. The first kappa shape index (κ1) is 11.7. The van der Waals surface area contributed by atoms with Crippen molar-refractivity contribution in [3.8, 4) is 0 Å². The number of rotatable bonds is 2. The monoisotopic (exact) mass is 235 g/mol. The van der Waals surface area contributed by atoms with Crippen LogP contribution in [0, 0.1) is 0 Å². The summed E-state index contributed by atoms with van der Waals surface area (Å²) in [4.78, 5) is 19.1. The molecule has 1 aromatic rings. The van der Waals surface area contributed by atoms with Crippen molar-refractivity contribution >= 4 is 17.3 Å². The van der Waals surface area contributed by atoms with Crippen LogP contribution in [-0.2, 0) is 4.84 Å². The average molecular weight is 235 g/mol. The molecule has 0 aromatic heterocycles. The third-order valence-corrected chi connectivity index (χ3v) is 2.74. The molecular formula is C12H17N3O2. The van der Waals surface area contributed by atoms with Gasteiger partial charge in [0, 0.05) is 19.7 Å². The van der Waals surface area contributed by atoms with E-state index in [1.165, 1.54) is 5.06 Å². The van der Waals surface area contributed by atoms with Crippen molar-refractivity contribution in [3.05, 3.63) is 23.8 Å². The second-order valence-electron chi connectivity index (χ2n) is 4.26. The maximum Gasteiger partial charge on any atom is 0.277 e. The van der Waals surface area contributed by atoms with Gasteiger partial charge < -0.3 is 10.6 Å². The second kappa shape index (κ2) is 4.63. The molecule has 1 amide bonds. The van der Waals surface area contributed by atoms with Gasteiger partial charge in [0.05, 0.1) is 24.5 Å². The fourth-order valence-corrected chi connectivity index (χ4v) is 1.85. The fraction of sp³-hybridized carbons (Fsp3) is 0.417. The minimum Gasteiger partial charge on any atom is -0.397 e. The van der Waals surface area contributed by atoms with Gasteiger partial charge in [0.1, 0.15) is 0 Å². The Bertz CT molecular complexity index is 426. The highest BCUT2D eigenvalue weighted by molar-refractivity contribution is 5.95. The van der Waals surface area contributed by atoms with E-state index in [9.17, 15) is 4.79 Å². The van der Waals surface area contributed by atoms with E-state index in [1.807, 2.05) is 25.1 Å². The van der Waals surface area contributed by atoms with E-state index < -0.39 is 0 Å². The molecule has 5 nitrogen and oxygen atoms in total. The number of hydrogen-bond acceptors (Lipinski definition) is 4. The van der Waals surface area contributed by atoms with Crippen LogP contribution >= 0.6 is 0 Å². The standard InChI is InChI=1S/C12H17N3O2/c1-14(2)11-5-4-9(8-10(11)13)12(16)15-6-3-7-17-15/h4-5,8H,3,6-7,13H2,1-2H3. The first-order valence-electron chi connectivity index (χ1n) is 5.61. The summed E-state index contributed by atoms with van der Waals surface area (Å²) < 4.78 is 0. The molecule has 1 fully saturated rings. The van der Waals surface area contributed by atoms with Crippen LogP contribution in [0.5, 0.6) is 0 Å². The number of benzene rings is 1. The van der Waals surface area contributed by atoms with Crippen molar-refractivity contribution in [2.24, 2.45) is 0 Å². The molecule has 5 heteroatoms. The topological polar surface area (TPSA) is 58.8 Å². The molecule has 17 heavy (non-hydrogen) atoms. The van der Waals surface area contributed by atoms with E-state index in [0.717, 1.165) is 12.1 Å². The molecule has 2 rings (SSSR count). The Morgan fingerprint density at radius 3 is 2.76 bits per heavy atom. The van der Waals surface area contributed by atoms with Gasteiger partial charge in [0.15, 0.2) is 0 Å². The number of amides is 1. The molecule has 1 aromatic carbocycles. The molecule has 1 heterocycles. The predicted octanol–water partition coefficient (Wildman–Crippen LogP) is 1.11. The molecule has 1 saturated heterocycles. The Hall–Kier alpha value is -1.75. The number of carbonyl (C=O) groups excluding carboxylic acids is 1.